The van der Waals surface area contributed by atoms with E-state index in [4.69, 9.17) is 5.73 Å². The summed E-state index contributed by atoms with van der Waals surface area (Å²) in [5, 5.41) is 8.84. The molecule has 5 rings (SSSR count). The summed E-state index contributed by atoms with van der Waals surface area (Å²) >= 11 is 0. The lowest BCUT2D eigenvalue weighted by Crippen LogP contribution is -2.14. The number of anilines is 1. The second-order valence-electron chi connectivity index (χ2n) is 7.11. The Labute approximate surface area is 173 Å². The van der Waals surface area contributed by atoms with E-state index in [2.05, 4.69) is 61.7 Å². The average Bonchev–Trinajstić information content (AvgIpc) is 3.42. The van der Waals surface area contributed by atoms with E-state index in [0.717, 1.165) is 12.1 Å². The molecule has 3 heterocycles. The minimum absolute atomic E-state index is 0.0485. The minimum Gasteiger partial charge on any atom is -0.382 e. The van der Waals surface area contributed by atoms with Crippen molar-refractivity contribution in [1.82, 2.24) is 34.5 Å². The van der Waals surface area contributed by atoms with Crippen LogP contribution in [0, 0.1) is 0 Å². The third-order valence-corrected chi connectivity index (χ3v) is 5.10. The molecular formula is C22H20N8. The summed E-state index contributed by atoms with van der Waals surface area (Å²) in [6, 6.07) is 20.8. The summed E-state index contributed by atoms with van der Waals surface area (Å²) in [5.74, 6) is 0.370. The third-order valence-electron chi connectivity index (χ3n) is 5.10. The highest BCUT2D eigenvalue weighted by molar-refractivity contribution is 5.81. The molecule has 1 unspecified atom stereocenters. The molecule has 0 fully saturated rings. The molecule has 1 atom stereocenters. The monoisotopic (exact) mass is 396 g/mol. The summed E-state index contributed by atoms with van der Waals surface area (Å²) in [4.78, 5) is 12.6. The van der Waals surface area contributed by atoms with Gasteiger partial charge in [-0.1, -0.05) is 65.9 Å². The van der Waals surface area contributed by atoms with Crippen LogP contribution in [-0.4, -0.2) is 34.5 Å². The SMILES string of the molecule is Nc1ncnc2c1ncn2Cc1cn(C(Cc2ccccc2)c2ccccc2)nn1. The van der Waals surface area contributed by atoms with Crippen molar-refractivity contribution in [2.75, 3.05) is 5.73 Å². The molecule has 30 heavy (non-hydrogen) atoms. The quantitative estimate of drug-likeness (QED) is 0.474. The Morgan fingerprint density at radius 3 is 2.47 bits per heavy atom. The molecule has 0 bridgehead atoms. The predicted molar refractivity (Wildman–Crippen MR) is 114 cm³/mol. The number of benzene rings is 2. The Bertz CT molecular complexity index is 1260. The van der Waals surface area contributed by atoms with E-state index in [9.17, 15) is 0 Å². The molecule has 8 heteroatoms. The van der Waals surface area contributed by atoms with Crippen molar-refractivity contribution < 1.29 is 0 Å². The molecule has 0 aliphatic carbocycles. The number of nitrogens with two attached hydrogens (primary N) is 1. The van der Waals surface area contributed by atoms with Crippen LogP contribution in [0.25, 0.3) is 11.2 Å². The minimum atomic E-state index is 0.0485. The maximum Gasteiger partial charge on any atom is 0.165 e. The van der Waals surface area contributed by atoms with Crippen LogP contribution in [0.3, 0.4) is 0 Å². The molecule has 5 aromatic rings. The highest BCUT2D eigenvalue weighted by Crippen LogP contribution is 2.23. The number of imidazole rings is 1. The predicted octanol–water partition coefficient (Wildman–Crippen LogP) is 2.88. The summed E-state index contributed by atoms with van der Waals surface area (Å²) in [7, 11) is 0. The fourth-order valence-electron chi connectivity index (χ4n) is 3.60. The lowest BCUT2D eigenvalue weighted by Gasteiger charge is -2.17. The highest BCUT2D eigenvalue weighted by atomic mass is 15.4. The zero-order chi connectivity index (χ0) is 20.3. The lowest BCUT2D eigenvalue weighted by molar-refractivity contribution is 0.503. The maximum atomic E-state index is 5.89. The first-order valence-electron chi connectivity index (χ1n) is 9.69. The standard InChI is InChI=1S/C22H20N8/c23-21-20-22(25-14-24-21)29(15-26-20)12-18-13-30(28-27-18)19(17-9-5-2-6-10-17)11-16-7-3-1-4-8-16/h1-10,13-15,19H,11-12H2,(H2,23,24,25). The second-order valence-corrected chi connectivity index (χ2v) is 7.11. The van der Waals surface area contributed by atoms with E-state index in [1.165, 1.54) is 17.5 Å². The Morgan fingerprint density at radius 2 is 1.67 bits per heavy atom. The van der Waals surface area contributed by atoms with E-state index in [1.807, 2.05) is 39.7 Å². The van der Waals surface area contributed by atoms with Crippen LogP contribution in [0.2, 0.25) is 0 Å². The molecule has 0 aliphatic heterocycles. The number of rotatable bonds is 6. The molecule has 148 valence electrons. The van der Waals surface area contributed by atoms with Gasteiger partial charge in [-0.25, -0.2) is 19.6 Å². The van der Waals surface area contributed by atoms with Crippen LogP contribution < -0.4 is 5.73 Å². The first-order chi connectivity index (χ1) is 14.8. The Kier molecular flexibility index (Phi) is 4.65. The van der Waals surface area contributed by atoms with Crippen molar-refractivity contribution in [1.29, 1.82) is 0 Å². The Hall–Kier alpha value is -4.07. The van der Waals surface area contributed by atoms with Gasteiger partial charge in [-0.3, -0.25) is 0 Å². The number of nitrogens with zero attached hydrogens (tertiary/aromatic N) is 7. The third kappa shape index (κ3) is 3.50. The van der Waals surface area contributed by atoms with Gasteiger partial charge in [0.15, 0.2) is 11.5 Å². The Balaban J connectivity index is 1.45. The molecule has 0 aliphatic rings. The van der Waals surface area contributed by atoms with Gasteiger partial charge in [0.2, 0.25) is 0 Å². The van der Waals surface area contributed by atoms with Crippen LogP contribution in [-0.2, 0) is 13.0 Å². The van der Waals surface area contributed by atoms with Crippen LogP contribution >= 0.6 is 0 Å². The normalized spacial score (nSPS) is 12.3. The molecule has 0 spiro atoms. The van der Waals surface area contributed by atoms with E-state index in [0.29, 0.717) is 23.5 Å². The van der Waals surface area contributed by atoms with Gasteiger partial charge in [-0.15, -0.1) is 5.10 Å². The molecule has 0 saturated carbocycles. The molecule has 2 N–H and O–H groups in total. The van der Waals surface area contributed by atoms with Gasteiger partial charge < -0.3 is 10.3 Å². The number of fused-ring (bicyclic) bond motifs is 1. The van der Waals surface area contributed by atoms with Crippen LogP contribution in [0.4, 0.5) is 5.82 Å². The molecule has 0 amide bonds. The molecule has 0 radical (unpaired) electrons. The summed E-state index contributed by atoms with van der Waals surface area (Å²) in [5.41, 5.74) is 10.4. The Morgan fingerprint density at radius 1 is 0.900 bits per heavy atom. The van der Waals surface area contributed by atoms with Crippen molar-refractivity contribution in [3.05, 3.63) is 96.3 Å². The number of nitrogen functional groups attached to an aromatic ring is 1. The fourth-order valence-corrected chi connectivity index (χ4v) is 3.60. The number of aromatic nitrogens is 7. The van der Waals surface area contributed by atoms with Crippen molar-refractivity contribution in [3.8, 4) is 0 Å². The van der Waals surface area contributed by atoms with Gasteiger partial charge in [0.25, 0.3) is 0 Å². The van der Waals surface area contributed by atoms with E-state index in [1.54, 1.807) is 6.33 Å². The smallest absolute Gasteiger partial charge is 0.165 e. The maximum absolute atomic E-state index is 5.89. The average molecular weight is 396 g/mol. The molecular weight excluding hydrogens is 376 g/mol. The van der Waals surface area contributed by atoms with Gasteiger partial charge in [-0.05, 0) is 17.5 Å². The second kappa shape index (κ2) is 7.75. The van der Waals surface area contributed by atoms with Crippen LogP contribution in [0.1, 0.15) is 22.9 Å². The van der Waals surface area contributed by atoms with Crippen molar-refractivity contribution in [2.45, 2.75) is 19.0 Å². The zero-order valence-corrected chi connectivity index (χ0v) is 16.2. The first kappa shape index (κ1) is 18.0. The van der Waals surface area contributed by atoms with Crippen LogP contribution in [0.5, 0.6) is 0 Å². The summed E-state index contributed by atoms with van der Waals surface area (Å²) in [6.07, 6.45) is 5.95. The summed E-state index contributed by atoms with van der Waals surface area (Å²) in [6.45, 7) is 0.500. The highest BCUT2D eigenvalue weighted by Gasteiger charge is 2.17. The first-order valence-corrected chi connectivity index (χ1v) is 9.69. The molecule has 3 aromatic heterocycles. The van der Waals surface area contributed by atoms with Crippen molar-refractivity contribution >= 4 is 17.0 Å². The van der Waals surface area contributed by atoms with Gasteiger partial charge in [-0.2, -0.15) is 0 Å². The topological polar surface area (TPSA) is 100 Å². The summed E-state index contributed by atoms with van der Waals surface area (Å²) < 4.78 is 3.83. The fraction of sp³-hybridized carbons (Fsp3) is 0.136. The molecule has 8 nitrogen and oxygen atoms in total. The van der Waals surface area contributed by atoms with Crippen molar-refractivity contribution in [2.24, 2.45) is 0 Å². The number of hydrogen-bond donors (Lipinski definition) is 1. The van der Waals surface area contributed by atoms with E-state index in [-0.39, 0.29) is 6.04 Å². The van der Waals surface area contributed by atoms with Gasteiger partial charge in [0.05, 0.1) is 25.1 Å². The molecule has 2 aromatic carbocycles. The lowest BCUT2D eigenvalue weighted by atomic mass is 9.99. The van der Waals surface area contributed by atoms with Crippen LogP contribution in [0.15, 0.2) is 79.5 Å². The van der Waals surface area contributed by atoms with Gasteiger partial charge in [0, 0.05) is 0 Å². The van der Waals surface area contributed by atoms with E-state index >= 15 is 0 Å². The largest absolute Gasteiger partial charge is 0.382 e. The molecule has 0 saturated heterocycles. The number of hydrogen-bond acceptors (Lipinski definition) is 6. The van der Waals surface area contributed by atoms with Gasteiger partial charge >= 0.3 is 0 Å². The van der Waals surface area contributed by atoms with E-state index < -0.39 is 0 Å². The van der Waals surface area contributed by atoms with Crippen molar-refractivity contribution in [3.63, 3.8) is 0 Å². The zero-order valence-electron chi connectivity index (χ0n) is 16.2. The van der Waals surface area contributed by atoms with Gasteiger partial charge in [0.1, 0.15) is 17.5 Å².